The number of primary amides is 1. The Labute approximate surface area is 124 Å². The molecule has 1 rings (SSSR count). The van der Waals surface area contributed by atoms with Crippen LogP contribution in [0.25, 0.3) is 0 Å². The van der Waals surface area contributed by atoms with Crippen molar-refractivity contribution >= 4 is 5.91 Å². The highest BCUT2D eigenvalue weighted by molar-refractivity contribution is 5.84. The third kappa shape index (κ3) is 5.80. The number of amides is 1. The molecule has 1 unspecified atom stereocenters. The monoisotopic (exact) mass is 283 g/mol. The molecule has 0 aromatic carbocycles. The highest BCUT2D eigenvalue weighted by Gasteiger charge is 2.30. The second-order valence-corrected chi connectivity index (χ2v) is 7.01. The highest BCUT2D eigenvalue weighted by atomic mass is 16.1. The molecule has 1 aliphatic carbocycles. The number of nitrogens with one attached hydrogen (secondary N) is 1. The number of carbonyl (C=O) groups is 1. The van der Waals surface area contributed by atoms with Gasteiger partial charge in [-0.05, 0) is 66.0 Å². The lowest BCUT2D eigenvalue weighted by molar-refractivity contribution is -0.124. The van der Waals surface area contributed by atoms with E-state index in [9.17, 15) is 4.79 Å². The van der Waals surface area contributed by atoms with Gasteiger partial charge in [0.1, 0.15) is 0 Å². The van der Waals surface area contributed by atoms with Crippen molar-refractivity contribution in [3.05, 3.63) is 0 Å². The predicted octanol–water partition coefficient (Wildman–Crippen LogP) is 2.13. The molecule has 20 heavy (non-hydrogen) atoms. The first kappa shape index (κ1) is 17.4. The van der Waals surface area contributed by atoms with Gasteiger partial charge in [-0.2, -0.15) is 0 Å². The molecule has 0 spiro atoms. The summed E-state index contributed by atoms with van der Waals surface area (Å²) in [5.74, 6) is 0.640. The van der Waals surface area contributed by atoms with E-state index in [2.05, 4.69) is 17.3 Å². The molecule has 118 valence electrons. The first-order chi connectivity index (χ1) is 9.33. The van der Waals surface area contributed by atoms with Gasteiger partial charge < -0.3 is 16.0 Å². The fourth-order valence-corrected chi connectivity index (χ4v) is 3.33. The first-order valence-electron chi connectivity index (χ1n) is 8.09. The molecular weight excluding hydrogens is 250 g/mol. The van der Waals surface area contributed by atoms with Crippen LogP contribution < -0.4 is 11.1 Å². The van der Waals surface area contributed by atoms with Crippen molar-refractivity contribution in [2.24, 2.45) is 11.7 Å². The Balaban J connectivity index is 2.30. The molecule has 4 heteroatoms. The quantitative estimate of drug-likeness (QED) is 0.681. The predicted molar refractivity (Wildman–Crippen MR) is 84.6 cm³/mol. The second-order valence-electron chi connectivity index (χ2n) is 7.01. The summed E-state index contributed by atoms with van der Waals surface area (Å²) in [6.07, 6.45) is 7.38. The molecule has 0 aromatic heterocycles. The Morgan fingerprint density at radius 1 is 1.40 bits per heavy atom. The Hall–Kier alpha value is -0.610. The number of nitrogens with two attached hydrogens (primary N) is 1. The maximum atomic E-state index is 11.7. The molecule has 1 amide bonds. The van der Waals surface area contributed by atoms with Crippen LogP contribution in [0.1, 0.15) is 59.3 Å². The number of hydrogen-bond acceptors (Lipinski definition) is 3. The van der Waals surface area contributed by atoms with Gasteiger partial charge in [0, 0.05) is 12.6 Å². The Bertz CT molecular complexity index is 300. The number of rotatable bonds is 9. The molecule has 1 aliphatic rings. The van der Waals surface area contributed by atoms with Crippen LogP contribution in [-0.2, 0) is 4.79 Å². The molecule has 1 saturated carbocycles. The maximum absolute atomic E-state index is 11.7. The van der Waals surface area contributed by atoms with Crippen LogP contribution in [0.15, 0.2) is 0 Å². The summed E-state index contributed by atoms with van der Waals surface area (Å²) in [5.41, 5.74) is 4.97. The first-order valence-corrected chi connectivity index (χ1v) is 8.09. The largest absolute Gasteiger partial charge is 0.368 e. The third-order valence-electron chi connectivity index (χ3n) is 4.41. The van der Waals surface area contributed by atoms with Crippen LogP contribution >= 0.6 is 0 Å². The van der Waals surface area contributed by atoms with Gasteiger partial charge in [0.25, 0.3) is 0 Å². The van der Waals surface area contributed by atoms with E-state index in [-0.39, 0.29) is 11.9 Å². The van der Waals surface area contributed by atoms with Gasteiger partial charge in [-0.1, -0.05) is 12.8 Å². The van der Waals surface area contributed by atoms with Crippen LogP contribution in [0, 0.1) is 5.92 Å². The Morgan fingerprint density at radius 2 is 2.00 bits per heavy atom. The summed E-state index contributed by atoms with van der Waals surface area (Å²) in [6, 6.07) is 0.267. The molecule has 0 bridgehead atoms. The topological polar surface area (TPSA) is 58.4 Å². The molecule has 4 nitrogen and oxygen atoms in total. The van der Waals surface area contributed by atoms with Gasteiger partial charge in [-0.3, -0.25) is 4.79 Å². The summed E-state index contributed by atoms with van der Waals surface area (Å²) < 4.78 is 0. The zero-order valence-corrected chi connectivity index (χ0v) is 13.7. The zero-order chi connectivity index (χ0) is 15.2. The molecule has 0 aromatic rings. The van der Waals surface area contributed by atoms with E-state index in [0.29, 0.717) is 0 Å². The van der Waals surface area contributed by atoms with E-state index in [0.717, 1.165) is 25.3 Å². The maximum Gasteiger partial charge on any atom is 0.237 e. The van der Waals surface area contributed by atoms with E-state index >= 15 is 0 Å². The standard InChI is InChI=1S/C16H33N3O/c1-13(2)18-16(3,15(17)20)10-7-11-19(4)12-14-8-5-6-9-14/h13-14,18H,5-12H2,1-4H3,(H2,17,20). The summed E-state index contributed by atoms with van der Waals surface area (Å²) in [5, 5.41) is 3.31. The lowest BCUT2D eigenvalue weighted by atomic mass is 9.93. The molecule has 1 atom stereocenters. The van der Waals surface area contributed by atoms with E-state index in [1.54, 1.807) is 0 Å². The molecule has 0 heterocycles. The van der Waals surface area contributed by atoms with E-state index < -0.39 is 5.54 Å². The SMILES string of the molecule is CC(C)NC(C)(CCCN(C)CC1CCCC1)C(N)=O. The van der Waals surface area contributed by atoms with Gasteiger partial charge >= 0.3 is 0 Å². The van der Waals surface area contributed by atoms with Crippen LogP contribution in [-0.4, -0.2) is 42.5 Å². The summed E-state index contributed by atoms with van der Waals surface area (Å²) in [6.45, 7) is 8.26. The van der Waals surface area contributed by atoms with Crippen LogP contribution in [0.5, 0.6) is 0 Å². The normalized spacial score (nSPS) is 19.7. The fraction of sp³-hybridized carbons (Fsp3) is 0.938. The van der Waals surface area contributed by atoms with E-state index in [1.807, 2.05) is 20.8 Å². The van der Waals surface area contributed by atoms with Gasteiger partial charge in [0.05, 0.1) is 5.54 Å². The second kappa shape index (κ2) is 7.99. The number of nitrogens with zero attached hydrogens (tertiary/aromatic N) is 1. The van der Waals surface area contributed by atoms with Crippen LogP contribution in [0.4, 0.5) is 0 Å². The lowest BCUT2D eigenvalue weighted by Gasteiger charge is -2.31. The Morgan fingerprint density at radius 3 is 2.50 bits per heavy atom. The minimum Gasteiger partial charge on any atom is -0.368 e. The lowest BCUT2D eigenvalue weighted by Crippen LogP contribution is -2.55. The number of carbonyl (C=O) groups excluding carboxylic acids is 1. The van der Waals surface area contributed by atoms with Crippen molar-refractivity contribution in [3.8, 4) is 0 Å². The van der Waals surface area contributed by atoms with Crippen molar-refractivity contribution in [1.29, 1.82) is 0 Å². The summed E-state index contributed by atoms with van der Waals surface area (Å²) >= 11 is 0. The molecule has 0 radical (unpaired) electrons. The molecule has 3 N–H and O–H groups in total. The number of hydrogen-bond donors (Lipinski definition) is 2. The van der Waals surface area contributed by atoms with Gasteiger partial charge in [-0.25, -0.2) is 0 Å². The highest BCUT2D eigenvalue weighted by Crippen LogP contribution is 2.25. The molecule has 1 fully saturated rings. The molecular formula is C16H33N3O. The van der Waals surface area contributed by atoms with Crippen molar-refractivity contribution in [2.75, 3.05) is 20.1 Å². The van der Waals surface area contributed by atoms with Crippen molar-refractivity contribution in [1.82, 2.24) is 10.2 Å². The van der Waals surface area contributed by atoms with Crippen LogP contribution in [0.2, 0.25) is 0 Å². The average Bonchev–Trinajstić information content (AvgIpc) is 2.80. The third-order valence-corrected chi connectivity index (χ3v) is 4.41. The minimum atomic E-state index is -0.581. The zero-order valence-electron chi connectivity index (χ0n) is 13.7. The van der Waals surface area contributed by atoms with E-state index in [4.69, 9.17) is 5.73 Å². The van der Waals surface area contributed by atoms with Crippen molar-refractivity contribution in [2.45, 2.75) is 70.9 Å². The van der Waals surface area contributed by atoms with Crippen LogP contribution in [0.3, 0.4) is 0 Å². The average molecular weight is 283 g/mol. The summed E-state index contributed by atoms with van der Waals surface area (Å²) in [4.78, 5) is 14.1. The van der Waals surface area contributed by atoms with Crippen molar-refractivity contribution in [3.63, 3.8) is 0 Å². The van der Waals surface area contributed by atoms with Gasteiger partial charge in [0.2, 0.25) is 5.91 Å². The van der Waals surface area contributed by atoms with Crippen molar-refractivity contribution < 1.29 is 4.79 Å². The fourth-order valence-electron chi connectivity index (χ4n) is 3.33. The summed E-state index contributed by atoms with van der Waals surface area (Å²) in [7, 11) is 2.19. The van der Waals surface area contributed by atoms with Gasteiger partial charge in [-0.15, -0.1) is 0 Å². The minimum absolute atomic E-state index is 0.246. The molecule has 0 saturated heterocycles. The smallest absolute Gasteiger partial charge is 0.237 e. The van der Waals surface area contributed by atoms with Gasteiger partial charge in [0.15, 0.2) is 0 Å². The van der Waals surface area contributed by atoms with E-state index in [1.165, 1.54) is 32.2 Å². The molecule has 0 aliphatic heterocycles. The Kier molecular flexibility index (Phi) is 6.96.